The van der Waals surface area contributed by atoms with Gasteiger partial charge in [0.25, 0.3) is 0 Å². The molecule has 0 aliphatic rings. The largest absolute Gasteiger partial charge is 0.464 e. The molecule has 0 spiro atoms. The van der Waals surface area contributed by atoms with Crippen LogP contribution in [0, 0.1) is 0 Å². The second-order valence-corrected chi connectivity index (χ2v) is 8.22. The first-order valence-corrected chi connectivity index (χ1v) is 9.30. The second kappa shape index (κ2) is 8.56. The summed E-state index contributed by atoms with van der Waals surface area (Å²) in [4.78, 5) is 10.7. The van der Waals surface area contributed by atoms with E-state index in [2.05, 4.69) is 0 Å². The van der Waals surface area contributed by atoms with Gasteiger partial charge in [-0.2, -0.15) is 87.4 Å². The highest BCUT2D eigenvalue weighted by atomic mass is 32.2. The predicted molar refractivity (Wildman–Crippen MR) is 74.6 cm³/mol. The Morgan fingerprint density at radius 1 is 0.629 bits per heavy atom. The molecule has 23 heteroatoms. The van der Waals surface area contributed by atoms with Gasteiger partial charge in [-0.3, -0.25) is 0 Å². The molecular weight excluding hydrogens is 577 g/mol. The monoisotopic (exact) mass is 585 g/mol. The van der Waals surface area contributed by atoms with Crippen molar-refractivity contribution in [1.82, 2.24) is 4.31 Å². The van der Waals surface area contributed by atoms with Crippen molar-refractivity contribution in [3.8, 4) is 0 Å². The van der Waals surface area contributed by atoms with E-state index < -0.39 is 80.4 Å². The van der Waals surface area contributed by atoms with Crippen LogP contribution in [-0.4, -0.2) is 77.4 Å². The van der Waals surface area contributed by atoms with Crippen LogP contribution in [0.15, 0.2) is 0 Å². The van der Waals surface area contributed by atoms with E-state index >= 15 is 0 Å². The minimum atomic E-state index is -8.97. The maximum absolute atomic E-state index is 13.8. The van der Waals surface area contributed by atoms with Gasteiger partial charge in [0.2, 0.25) is 0 Å². The number of halogens is 17. The molecule has 0 saturated heterocycles. The molecule has 1 N–H and O–H groups in total. The number of hydrogen-bond donors (Lipinski definition) is 1. The Labute approximate surface area is 181 Å². The highest BCUT2D eigenvalue weighted by molar-refractivity contribution is 7.90. The Morgan fingerprint density at radius 3 is 1.17 bits per heavy atom. The number of sulfonamides is 1. The van der Waals surface area contributed by atoms with Crippen molar-refractivity contribution in [3.63, 3.8) is 0 Å². The summed E-state index contributed by atoms with van der Waals surface area (Å²) >= 11 is 0. The predicted octanol–water partition coefficient (Wildman–Crippen LogP) is 5.67. The Balaban J connectivity index is 7.11. The molecule has 35 heavy (non-hydrogen) atoms. The maximum Gasteiger partial charge on any atom is 0.460 e. The van der Waals surface area contributed by atoms with Crippen LogP contribution in [0.25, 0.3) is 0 Å². The quantitative estimate of drug-likeness (QED) is 0.336. The number of rotatable bonds is 10. The van der Waals surface area contributed by atoms with Crippen LogP contribution in [0.5, 0.6) is 0 Å². The topological polar surface area (TPSA) is 74.7 Å². The van der Waals surface area contributed by atoms with Gasteiger partial charge in [0.15, 0.2) is 0 Å². The van der Waals surface area contributed by atoms with Crippen molar-refractivity contribution < 1.29 is 93.0 Å². The Bertz CT molecular complexity index is 911. The zero-order valence-corrected chi connectivity index (χ0v) is 16.7. The van der Waals surface area contributed by atoms with Crippen LogP contribution < -0.4 is 0 Å². The molecule has 5 nitrogen and oxygen atoms in total. The number of alkyl halides is 17. The highest BCUT2D eigenvalue weighted by Gasteiger charge is 2.96. The smallest absolute Gasteiger partial charge is 0.460 e. The summed E-state index contributed by atoms with van der Waals surface area (Å²) in [5.74, 6) is -52.4. The summed E-state index contributed by atoms with van der Waals surface area (Å²) in [5.41, 5.74) is 0. The number of carbonyl (C=O) groups is 1. The van der Waals surface area contributed by atoms with Crippen LogP contribution in [0.2, 0.25) is 0 Å². The Kier molecular flexibility index (Phi) is 8.08. The van der Waals surface area contributed by atoms with Gasteiger partial charge in [-0.05, 0) is 6.42 Å². The highest BCUT2D eigenvalue weighted by Crippen LogP contribution is 2.64. The lowest BCUT2D eigenvalue weighted by Crippen LogP contribution is -2.75. The lowest BCUT2D eigenvalue weighted by Gasteiger charge is -2.42. The number of hydrogen-bond acceptors (Lipinski definition) is 3. The van der Waals surface area contributed by atoms with Crippen molar-refractivity contribution in [3.05, 3.63) is 0 Å². The van der Waals surface area contributed by atoms with E-state index in [0.29, 0.717) is 0 Å². The number of amides is 1. The molecule has 0 aliphatic carbocycles. The average molecular weight is 585 g/mol. The van der Waals surface area contributed by atoms with Gasteiger partial charge in [-0.15, -0.1) is 0 Å². The summed E-state index contributed by atoms with van der Waals surface area (Å²) in [7, 11) is -7.82. The van der Waals surface area contributed by atoms with E-state index in [0.717, 1.165) is 6.92 Å². The van der Waals surface area contributed by atoms with E-state index in [1.54, 1.807) is 0 Å². The van der Waals surface area contributed by atoms with Crippen molar-refractivity contribution in [1.29, 1.82) is 0 Å². The molecule has 0 aromatic heterocycles. The molecular formula is C12H8F17NO4S. The third-order valence-electron chi connectivity index (χ3n) is 3.95. The maximum atomic E-state index is 13.8. The van der Waals surface area contributed by atoms with Crippen LogP contribution in [-0.2, 0) is 10.0 Å². The van der Waals surface area contributed by atoms with E-state index in [1.807, 2.05) is 0 Å². The van der Waals surface area contributed by atoms with Gasteiger partial charge in [-0.25, -0.2) is 4.79 Å². The fourth-order valence-electron chi connectivity index (χ4n) is 1.97. The molecule has 0 aliphatic heterocycles. The van der Waals surface area contributed by atoms with Crippen LogP contribution in [0.1, 0.15) is 13.3 Å². The lowest BCUT2D eigenvalue weighted by atomic mass is 9.91. The summed E-state index contributed by atoms with van der Waals surface area (Å²) in [6.07, 6.45) is -12.0. The molecule has 0 atom stereocenters. The van der Waals surface area contributed by atoms with Crippen LogP contribution in [0.3, 0.4) is 0 Å². The van der Waals surface area contributed by atoms with Gasteiger partial charge < -0.3 is 5.11 Å². The minimum Gasteiger partial charge on any atom is -0.464 e. The van der Waals surface area contributed by atoms with Crippen LogP contribution >= 0.6 is 0 Å². The first kappa shape index (κ1) is 33.0. The average Bonchev–Trinajstić information content (AvgIpc) is 2.63. The molecule has 1 amide bonds. The van der Waals surface area contributed by atoms with E-state index in [-0.39, 0.29) is 0 Å². The minimum absolute atomic E-state index is 0.744. The zero-order chi connectivity index (χ0) is 29.1. The molecule has 0 radical (unpaired) electrons. The molecule has 0 heterocycles. The van der Waals surface area contributed by atoms with E-state index in [4.69, 9.17) is 5.11 Å². The molecule has 0 saturated carbocycles. The SMILES string of the molecule is CCCN(C(=O)O)S(=O)(=O)C(F)(F)C(F)(F)C(F)(F)C(F)(F)C(F)(F)C(F)(F)C(F)(F)C(F)(F)F. The molecule has 0 aromatic carbocycles. The summed E-state index contributed by atoms with van der Waals surface area (Å²) in [5, 5.41) is 0.567. The van der Waals surface area contributed by atoms with Crippen LogP contribution in [0.4, 0.5) is 79.4 Å². The van der Waals surface area contributed by atoms with E-state index in [1.165, 1.54) is 0 Å². The fourth-order valence-corrected chi connectivity index (χ4v) is 3.33. The van der Waals surface area contributed by atoms with Gasteiger partial charge >= 0.3 is 63.1 Å². The molecule has 210 valence electrons. The third kappa shape index (κ3) is 4.19. The summed E-state index contributed by atoms with van der Waals surface area (Å²) < 4.78 is 245. The second-order valence-electron chi connectivity index (χ2n) is 6.32. The number of nitrogens with zero attached hydrogens (tertiary/aromatic N) is 1. The van der Waals surface area contributed by atoms with Gasteiger partial charge in [0.05, 0.1) is 0 Å². The number of carboxylic acid groups (broad SMARTS) is 1. The van der Waals surface area contributed by atoms with Crippen molar-refractivity contribution in [2.24, 2.45) is 0 Å². The third-order valence-corrected chi connectivity index (χ3v) is 5.77. The van der Waals surface area contributed by atoms with E-state index in [9.17, 15) is 87.8 Å². The molecule has 0 unspecified atom stereocenters. The standard InChI is InChI=1S/C12H8F17NO4S/c1-2-3-30(4(31)32)35(33,34)12(28,29)10(23,24)8(19,20)6(15,16)5(13,14)7(17,18)9(21,22)11(25,26)27/h2-3H2,1H3,(H,31,32). The molecule has 0 fully saturated rings. The van der Waals surface area contributed by atoms with Crippen molar-refractivity contribution in [2.75, 3.05) is 6.54 Å². The Hall–Kier alpha value is -1.97. The summed E-state index contributed by atoms with van der Waals surface area (Å²) in [6, 6.07) is 0. The van der Waals surface area contributed by atoms with Gasteiger partial charge in [0, 0.05) is 6.54 Å². The summed E-state index contributed by atoms with van der Waals surface area (Å²) in [6.45, 7) is -1.04. The van der Waals surface area contributed by atoms with Gasteiger partial charge in [-0.1, -0.05) is 6.92 Å². The Morgan fingerprint density at radius 2 is 0.914 bits per heavy atom. The molecule has 0 bridgehead atoms. The van der Waals surface area contributed by atoms with Crippen molar-refractivity contribution in [2.45, 2.75) is 60.3 Å². The first-order valence-electron chi connectivity index (χ1n) is 7.86. The lowest BCUT2D eigenvalue weighted by molar-refractivity contribution is -0.458. The molecule has 0 rings (SSSR count). The molecule has 0 aromatic rings. The van der Waals surface area contributed by atoms with Gasteiger partial charge in [0.1, 0.15) is 0 Å². The normalized spacial score (nSPS) is 15.8. The van der Waals surface area contributed by atoms with Crippen molar-refractivity contribution >= 4 is 16.1 Å². The fraction of sp³-hybridized carbons (Fsp3) is 0.917. The zero-order valence-electron chi connectivity index (χ0n) is 15.9. The first-order chi connectivity index (χ1) is 14.9.